The van der Waals surface area contributed by atoms with Gasteiger partial charge < -0.3 is 0 Å². The summed E-state index contributed by atoms with van der Waals surface area (Å²) >= 11 is 5.86. The molecule has 0 aromatic heterocycles. The van der Waals surface area contributed by atoms with Gasteiger partial charge in [-0.3, -0.25) is 19.4 Å². The fraction of sp³-hybridized carbons (Fsp3) is 0.500. The highest BCUT2D eigenvalue weighted by atomic mass is 35.5. The Morgan fingerprint density at radius 2 is 1.71 bits per heavy atom. The van der Waals surface area contributed by atoms with Gasteiger partial charge in [-0.25, -0.2) is 0 Å². The van der Waals surface area contributed by atoms with E-state index < -0.39 is 0 Å². The van der Waals surface area contributed by atoms with Crippen LogP contribution in [-0.2, 0) is 16.1 Å². The minimum Gasteiger partial charge on any atom is -0.292 e. The average Bonchev–Trinajstić information content (AvgIpc) is 2.78. The summed E-state index contributed by atoms with van der Waals surface area (Å²) < 4.78 is 0. The highest BCUT2D eigenvalue weighted by Crippen LogP contribution is 2.24. The molecule has 0 aliphatic carbocycles. The molecule has 2 amide bonds. The van der Waals surface area contributed by atoms with E-state index in [0.717, 1.165) is 31.5 Å². The van der Waals surface area contributed by atoms with Crippen LogP contribution in [0.5, 0.6) is 0 Å². The molecule has 2 saturated heterocycles. The number of likely N-dealkylation sites (tertiary alicyclic amines) is 2. The lowest BCUT2D eigenvalue weighted by molar-refractivity contribution is -0.140. The molecule has 0 saturated carbocycles. The van der Waals surface area contributed by atoms with Crippen molar-refractivity contribution >= 4 is 23.4 Å². The number of piperidine rings is 1. The summed E-state index contributed by atoms with van der Waals surface area (Å²) in [6, 6.07) is 7.03. The van der Waals surface area contributed by atoms with Gasteiger partial charge in [0.05, 0.1) is 19.0 Å². The quantitative estimate of drug-likeness (QED) is 0.806. The van der Waals surface area contributed by atoms with Gasteiger partial charge in [0.1, 0.15) is 0 Å². The standard InChI is InChI=1S/C16H19ClN2O2/c17-13-6-4-12(5-7-13)11-19-15(20)10-14(16(19)21)18-8-2-1-3-9-18/h4-7,14H,1-3,8-11H2. The summed E-state index contributed by atoms with van der Waals surface area (Å²) in [6.45, 7) is 2.20. The van der Waals surface area contributed by atoms with E-state index in [-0.39, 0.29) is 17.9 Å². The third kappa shape index (κ3) is 3.11. The molecule has 1 aromatic carbocycles. The highest BCUT2D eigenvalue weighted by molar-refractivity contribution is 6.30. The van der Waals surface area contributed by atoms with Crippen molar-refractivity contribution in [2.45, 2.75) is 38.3 Å². The number of hydrogen-bond acceptors (Lipinski definition) is 3. The first kappa shape index (κ1) is 14.5. The van der Waals surface area contributed by atoms with Crippen LogP contribution < -0.4 is 0 Å². The Bertz CT molecular complexity index is 538. The van der Waals surface area contributed by atoms with Crippen molar-refractivity contribution in [3.8, 4) is 0 Å². The van der Waals surface area contributed by atoms with Crippen molar-refractivity contribution in [3.63, 3.8) is 0 Å². The second kappa shape index (κ2) is 6.16. The van der Waals surface area contributed by atoms with Crippen molar-refractivity contribution in [1.29, 1.82) is 0 Å². The van der Waals surface area contributed by atoms with Crippen molar-refractivity contribution in [2.24, 2.45) is 0 Å². The summed E-state index contributed by atoms with van der Waals surface area (Å²) in [6.07, 6.45) is 3.79. The maximum Gasteiger partial charge on any atom is 0.247 e. The van der Waals surface area contributed by atoms with Crippen LogP contribution in [0.4, 0.5) is 0 Å². The first-order valence-electron chi connectivity index (χ1n) is 7.48. The maximum atomic E-state index is 12.5. The van der Waals surface area contributed by atoms with Gasteiger partial charge in [0.15, 0.2) is 0 Å². The third-order valence-electron chi connectivity index (χ3n) is 4.31. The van der Waals surface area contributed by atoms with Gasteiger partial charge in [-0.1, -0.05) is 30.2 Å². The molecule has 0 N–H and O–H groups in total. The number of rotatable bonds is 3. The molecular weight excluding hydrogens is 288 g/mol. The summed E-state index contributed by atoms with van der Waals surface area (Å²) in [4.78, 5) is 28.2. The van der Waals surface area contributed by atoms with E-state index >= 15 is 0 Å². The summed E-state index contributed by atoms with van der Waals surface area (Å²) in [5.41, 5.74) is 0.931. The fourth-order valence-electron chi connectivity index (χ4n) is 3.12. The molecule has 2 fully saturated rings. The molecule has 3 rings (SSSR count). The van der Waals surface area contributed by atoms with Crippen molar-refractivity contribution < 1.29 is 9.59 Å². The van der Waals surface area contributed by atoms with Gasteiger partial charge >= 0.3 is 0 Å². The lowest BCUT2D eigenvalue weighted by Gasteiger charge is -2.30. The summed E-state index contributed by atoms with van der Waals surface area (Å²) in [5.74, 6) is -0.109. The summed E-state index contributed by atoms with van der Waals surface area (Å²) in [5, 5.41) is 0.656. The molecular formula is C16H19ClN2O2. The van der Waals surface area contributed by atoms with Crippen LogP contribution in [0.25, 0.3) is 0 Å². The number of hydrogen-bond donors (Lipinski definition) is 0. The van der Waals surface area contributed by atoms with Gasteiger partial charge in [0, 0.05) is 5.02 Å². The van der Waals surface area contributed by atoms with Gasteiger partial charge in [-0.15, -0.1) is 0 Å². The molecule has 1 unspecified atom stereocenters. The molecule has 0 radical (unpaired) electrons. The van der Waals surface area contributed by atoms with Crippen LogP contribution in [-0.4, -0.2) is 40.7 Å². The van der Waals surface area contributed by atoms with Crippen LogP contribution in [0.1, 0.15) is 31.2 Å². The Kier molecular flexibility index (Phi) is 4.27. The number of nitrogens with zero attached hydrogens (tertiary/aromatic N) is 2. The van der Waals surface area contributed by atoms with E-state index in [4.69, 9.17) is 11.6 Å². The molecule has 1 atom stereocenters. The van der Waals surface area contributed by atoms with Crippen LogP contribution in [0.3, 0.4) is 0 Å². The first-order chi connectivity index (χ1) is 10.1. The number of carbonyl (C=O) groups excluding carboxylic acids is 2. The zero-order valence-electron chi connectivity index (χ0n) is 11.9. The smallest absolute Gasteiger partial charge is 0.247 e. The third-order valence-corrected chi connectivity index (χ3v) is 4.56. The zero-order chi connectivity index (χ0) is 14.8. The minimum atomic E-state index is -0.245. The summed E-state index contributed by atoms with van der Waals surface area (Å²) in [7, 11) is 0. The van der Waals surface area contributed by atoms with E-state index in [0.29, 0.717) is 18.0 Å². The lowest BCUT2D eigenvalue weighted by Crippen LogP contribution is -2.44. The molecule has 1 aromatic rings. The Morgan fingerprint density at radius 3 is 2.38 bits per heavy atom. The molecule has 0 spiro atoms. The largest absolute Gasteiger partial charge is 0.292 e. The number of benzene rings is 1. The predicted molar refractivity (Wildman–Crippen MR) is 80.8 cm³/mol. The van der Waals surface area contributed by atoms with Crippen molar-refractivity contribution in [3.05, 3.63) is 34.9 Å². The van der Waals surface area contributed by atoms with Crippen LogP contribution in [0.15, 0.2) is 24.3 Å². The van der Waals surface area contributed by atoms with Crippen LogP contribution in [0.2, 0.25) is 5.02 Å². The van der Waals surface area contributed by atoms with Gasteiger partial charge in [-0.05, 0) is 43.6 Å². The van der Waals surface area contributed by atoms with E-state index in [9.17, 15) is 9.59 Å². The van der Waals surface area contributed by atoms with Gasteiger partial charge in [0.2, 0.25) is 11.8 Å². The second-order valence-electron chi connectivity index (χ2n) is 5.76. The topological polar surface area (TPSA) is 40.6 Å². The van der Waals surface area contributed by atoms with Crippen molar-refractivity contribution in [2.75, 3.05) is 13.1 Å². The van der Waals surface area contributed by atoms with E-state index in [1.165, 1.54) is 11.3 Å². The zero-order valence-corrected chi connectivity index (χ0v) is 12.7. The molecule has 2 aliphatic rings. The number of amides is 2. The Balaban J connectivity index is 1.69. The van der Waals surface area contributed by atoms with E-state index in [1.807, 2.05) is 12.1 Å². The first-order valence-corrected chi connectivity index (χ1v) is 7.85. The predicted octanol–water partition coefficient (Wildman–Crippen LogP) is 2.45. The monoisotopic (exact) mass is 306 g/mol. The Labute approximate surface area is 129 Å². The molecule has 21 heavy (non-hydrogen) atoms. The molecule has 2 aliphatic heterocycles. The van der Waals surface area contributed by atoms with Gasteiger partial charge in [0.25, 0.3) is 0 Å². The molecule has 5 heteroatoms. The highest BCUT2D eigenvalue weighted by Gasteiger charge is 2.41. The van der Waals surface area contributed by atoms with Crippen LogP contribution >= 0.6 is 11.6 Å². The lowest BCUT2D eigenvalue weighted by atomic mass is 10.1. The average molecular weight is 307 g/mol. The number of halogens is 1. The Morgan fingerprint density at radius 1 is 1.05 bits per heavy atom. The van der Waals surface area contributed by atoms with Crippen LogP contribution in [0, 0.1) is 0 Å². The molecule has 112 valence electrons. The maximum absolute atomic E-state index is 12.5. The fourth-order valence-corrected chi connectivity index (χ4v) is 3.25. The SMILES string of the molecule is O=C1CC(N2CCCCC2)C(=O)N1Cc1ccc(Cl)cc1. The Hall–Kier alpha value is -1.39. The van der Waals surface area contributed by atoms with Crippen molar-refractivity contribution in [1.82, 2.24) is 9.80 Å². The second-order valence-corrected chi connectivity index (χ2v) is 6.20. The van der Waals surface area contributed by atoms with E-state index in [2.05, 4.69) is 4.90 Å². The molecule has 0 bridgehead atoms. The normalized spacial score (nSPS) is 23.9. The molecule has 2 heterocycles. The number of imide groups is 1. The van der Waals surface area contributed by atoms with E-state index in [1.54, 1.807) is 12.1 Å². The number of carbonyl (C=O) groups is 2. The van der Waals surface area contributed by atoms with Gasteiger partial charge in [-0.2, -0.15) is 0 Å². The minimum absolute atomic E-state index is 0.0446. The molecule has 4 nitrogen and oxygen atoms in total.